The highest BCUT2D eigenvalue weighted by atomic mass is 32.2. The van der Waals surface area contributed by atoms with E-state index in [0.29, 0.717) is 4.88 Å². The highest BCUT2D eigenvalue weighted by Crippen LogP contribution is 2.19. The smallest absolute Gasteiger partial charge is 0.307 e. The fourth-order valence-corrected chi connectivity index (χ4v) is 4.44. The molecular formula is C20H19NO5S2. The number of fused-ring (bicyclic) bond motifs is 1. The average molecular weight is 418 g/mol. The second kappa shape index (κ2) is 8.64. The number of benzene rings is 2. The fourth-order valence-electron chi connectivity index (χ4n) is 2.58. The minimum atomic E-state index is -3.74. The van der Waals surface area contributed by atoms with Gasteiger partial charge in [-0.1, -0.05) is 30.3 Å². The van der Waals surface area contributed by atoms with E-state index in [-0.39, 0.29) is 30.3 Å². The van der Waals surface area contributed by atoms with Crippen LogP contribution in [0.4, 0.5) is 0 Å². The fraction of sp³-hybridized carbons (Fsp3) is 0.200. The van der Waals surface area contributed by atoms with Crippen molar-refractivity contribution in [3.8, 4) is 0 Å². The van der Waals surface area contributed by atoms with Crippen LogP contribution in [0.15, 0.2) is 59.5 Å². The lowest BCUT2D eigenvalue weighted by Crippen LogP contribution is -2.27. The summed E-state index contributed by atoms with van der Waals surface area (Å²) in [7, 11) is -3.74. The average Bonchev–Trinajstić information content (AvgIpc) is 3.12. The summed E-state index contributed by atoms with van der Waals surface area (Å²) in [5.41, 5.74) is 0. The third kappa shape index (κ3) is 5.03. The Bertz CT molecular complexity index is 1120. The van der Waals surface area contributed by atoms with Crippen LogP contribution in [0.3, 0.4) is 0 Å². The quantitative estimate of drug-likeness (QED) is 0.449. The molecule has 2 aromatic carbocycles. The summed E-state index contributed by atoms with van der Waals surface area (Å²) in [6, 6.07) is 15.8. The van der Waals surface area contributed by atoms with Gasteiger partial charge in [0.05, 0.1) is 16.2 Å². The molecule has 0 amide bonds. The highest BCUT2D eigenvalue weighted by molar-refractivity contribution is 7.89. The van der Waals surface area contributed by atoms with Crippen LogP contribution in [0.5, 0.6) is 0 Å². The molecule has 8 heteroatoms. The van der Waals surface area contributed by atoms with Gasteiger partial charge < -0.3 is 4.74 Å². The molecule has 0 aliphatic carbocycles. The number of Topliss-reactive ketones (excluding diaryl/α,β-unsaturated/α-hetero) is 1. The number of hydrogen-bond donors (Lipinski definition) is 1. The lowest BCUT2D eigenvalue weighted by Gasteiger charge is -2.08. The van der Waals surface area contributed by atoms with Crippen molar-refractivity contribution in [1.29, 1.82) is 0 Å². The van der Waals surface area contributed by atoms with Crippen LogP contribution in [-0.2, 0) is 19.6 Å². The number of hydrogen-bond acceptors (Lipinski definition) is 6. The monoisotopic (exact) mass is 417 g/mol. The maximum atomic E-state index is 12.4. The van der Waals surface area contributed by atoms with Gasteiger partial charge in [-0.15, -0.1) is 11.3 Å². The number of rotatable bonds is 8. The van der Waals surface area contributed by atoms with Gasteiger partial charge in [0, 0.05) is 11.4 Å². The normalized spacial score (nSPS) is 11.5. The van der Waals surface area contributed by atoms with Crippen LogP contribution >= 0.6 is 11.3 Å². The molecule has 0 atom stereocenters. The predicted molar refractivity (Wildman–Crippen MR) is 108 cm³/mol. The molecule has 0 radical (unpaired) electrons. The highest BCUT2D eigenvalue weighted by Gasteiger charge is 2.16. The van der Waals surface area contributed by atoms with Crippen LogP contribution in [-0.4, -0.2) is 33.3 Å². The molecule has 0 bridgehead atoms. The molecule has 1 N–H and O–H groups in total. The Balaban J connectivity index is 1.50. The maximum Gasteiger partial charge on any atom is 0.307 e. The standard InChI is InChI=1S/C20H19NO5S2/c1-14-6-9-19(27-14)18(22)13-26-20(23)10-11-21-28(24,25)17-8-7-15-4-2-3-5-16(15)12-17/h2-9,12,21H,10-11,13H2,1H3. The van der Waals surface area contributed by atoms with Gasteiger partial charge in [0.15, 0.2) is 6.61 Å². The zero-order chi connectivity index (χ0) is 20.1. The SMILES string of the molecule is Cc1ccc(C(=O)COC(=O)CCNS(=O)(=O)c2ccc3ccccc3c2)s1. The number of esters is 1. The van der Waals surface area contributed by atoms with Gasteiger partial charge in [-0.2, -0.15) is 0 Å². The van der Waals surface area contributed by atoms with Crippen molar-refractivity contribution < 1.29 is 22.7 Å². The zero-order valence-electron chi connectivity index (χ0n) is 15.2. The van der Waals surface area contributed by atoms with Crippen molar-refractivity contribution in [1.82, 2.24) is 4.72 Å². The lowest BCUT2D eigenvalue weighted by atomic mass is 10.1. The molecule has 3 rings (SSSR count). The lowest BCUT2D eigenvalue weighted by molar-refractivity contribution is -0.142. The van der Waals surface area contributed by atoms with E-state index in [1.54, 1.807) is 18.2 Å². The number of carbonyl (C=O) groups is 2. The molecule has 0 aliphatic heterocycles. The van der Waals surface area contributed by atoms with Crippen molar-refractivity contribution in [2.75, 3.05) is 13.2 Å². The molecule has 146 valence electrons. The summed E-state index contributed by atoms with van der Waals surface area (Å²) >= 11 is 1.33. The van der Waals surface area contributed by atoms with Crippen molar-refractivity contribution in [2.24, 2.45) is 0 Å². The van der Waals surface area contributed by atoms with E-state index in [9.17, 15) is 18.0 Å². The van der Waals surface area contributed by atoms with Crippen LogP contribution in [0.25, 0.3) is 10.8 Å². The second-order valence-electron chi connectivity index (χ2n) is 6.15. The first-order valence-electron chi connectivity index (χ1n) is 8.59. The summed E-state index contributed by atoms with van der Waals surface area (Å²) in [6.07, 6.45) is -0.163. The number of nitrogens with one attached hydrogen (secondary N) is 1. The van der Waals surface area contributed by atoms with Crippen LogP contribution in [0.1, 0.15) is 21.0 Å². The van der Waals surface area contributed by atoms with E-state index >= 15 is 0 Å². The van der Waals surface area contributed by atoms with Gasteiger partial charge in [-0.3, -0.25) is 9.59 Å². The Morgan fingerprint density at radius 1 is 1.04 bits per heavy atom. The summed E-state index contributed by atoms with van der Waals surface area (Å²) in [6.45, 7) is 1.42. The maximum absolute atomic E-state index is 12.4. The molecule has 28 heavy (non-hydrogen) atoms. The largest absolute Gasteiger partial charge is 0.457 e. The van der Waals surface area contributed by atoms with Crippen LogP contribution in [0.2, 0.25) is 0 Å². The van der Waals surface area contributed by atoms with Gasteiger partial charge in [0.25, 0.3) is 0 Å². The van der Waals surface area contributed by atoms with Crippen LogP contribution < -0.4 is 4.72 Å². The topological polar surface area (TPSA) is 89.5 Å². The van der Waals surface area contributed by atoms with Crippen molar-refractivity contribution >= 4 is 43.9 Å². The van der Waals surface area contributed by atoms with Crippen LogP contribution in [0, 0.1) is 6.92 Å². The number of ketones is 1. The van der Waals surface area contributed by atoms with E-state index in [4.69, 9.17) is 4.74 Å². The van der Waals surface area contributed by atoms with Gasteiger partial charge in [0.2, 0.25) is 15.8 Å². The molecule has 0 saturated carbocycles. The van der Waals surface area contributed by atoms with Gasteiger partial charge >= 0.3 is 5.97 Å². The van der Waals surface area contributed by atoms with Gasteiger partial charge in [-0.05, 0) is 42.0 Å². The molecule has 0 unspecified atom stereocenters. The van der Waals surface area contributed by atoms with Crippen molar-refractivity contribution in [3.05, 3.63) is 64.4 Å². The van der Waals surface area contributed by atoms with E-state index in [0.717, 1.165) is 15.6 Å². The molecule has 0 fully saturated rings. The van der Waals surface area contributed by atoms with E-state index < -0.39 is 16.0 Å². The van der Waals surface area contributed by atoms with Gasteiger partial charge in [0.1, 0.15) is 0 Å². The molecule has 0 aliphatic rings. The summed E-state index contributed by atoms with van der Waals surface area (Å²) in [5.74, 6) is -0.911. The molecule has 0 spiro atoms. The predicted octanol–water partition coefficient (Wildman–Crippen LogP) is 3.30. The van der Waals surface area contributed by atoms with E-state index in [1.165, 1.54) is 17.4 Å². The molecule has 1 heterocycles. The van der Waals surface area contributed by atoms with E-state index in [1.807, 2.05) is 37.3 Å². The zero-order valence-corrected chi connectivity index (χ0v) is 16.8. The molecule has 0 saturated heterocycles. The summed E-state index contributed by atoms with van der Waals surface area (Å²) < 4.78 is 32.1. The number of thiophene rings is 1. The Labute approximate surface area is 167 Å². The summed E-state index contributed by atoms with van der Waals surface area (Å²) in [4.78, 5) is 25.3. The first-order valence-corrected chi connectivity index (χ1v) is 10.9. The molecule has 3 aromatic rings. The minimum Gasteiger partial charge on any atom is -0.457 e. The number of carbonyl (C=O) groups excluding carboxylic acids is 2. The number of sulfonamides is 1. The second-order valence-corrected chi connectivity index (χ2v) is 9.21. The minimum absolute atomic E-state index is 0.111. The Morgan fingerprint density at radius 3 is 2.50 bits per heavy atom. The first kappa shape index (κ1) is 20.2. The Hall–Kier alpha value is -2.55. The molecule has 6 nitrogen and oxygen atoms in total. The molecule has 1 aromatic heterocycles. The van der Waals surface area contributed by atoms with Gasteiger partial charge in [-0.25, -0.2) is 13.1 Å². The number of ether oxygens (including phenoxy) is 1. The van der Waals surface area contributed by atoms with E-state index in [2.05, 4.69) is 4.72 Å². The summed E-state index contributed by atoms with van der Waals surface area (Å²) in [5, 5.41) is 1.75. The third-order valence-electron chi connectivity index (χ3n) is 4.03. The third-order valence-corrected chi connectivity index (χ3v) is 6.53. The first-order chi connectivity index (χ1) is 13.3. The number of aryl methyl sites for hydroxylation is 1. The molecular weight excluding hydrogens is 398 g/mol. The Kier molecular flexibility index (Phi) is 6.23. The van der Waals surface area contributed by atoms with Crippen molar-refractivity contribution in [3.63, 3.8) is 0 Å². The Morgan fingerprint density at radius 2 is 1.79 bits per heavy atom. The van der Waals surface area contributed by atoms with Crippen molar-refractivity contribution in [2.45, 2.75) is 18.2 Å².